The predicted molar refractivity (Wildman–Crippen MR) is 62.9 cm³/mol. The first-order chi connectivity index (χ1) is 7.24. The van der Waals surface area contributed by atoms with E-state index in [2.05, 4.69) is 20.9 Å². The first-order valence-electron chi connectivity index (χ1n) is 4.39. The largest absolute Gasteiger partial charge is 0.457 e. The molecule has 1 aromatic heterocycles. The van der Waals surface area contributed by atoms with Crippen LogP contribution in [0.2, 0.25) is 0 Å². The topological polar surface area (TPSA) is 48.1 Å². The summed E-state index contributed by atoms with van der Waals surface area (Å²) in [6.45, 7) is 0. The normalized spacial score (nSPS) is 9.93. The lowest BCUT2D eigenvalue weighted by molar-refractivity contribution is 0.482. The number of benzene rings is 1. The van der Waals surface area contributed by atoms with Crippen molar-refractivity contribution in [2.24, 2.45) is 0 Å². The van der Waals surface area contributed by atoms with Gasteiger partial charge in [-0.2, -0.15) is 0 Å². The van der Waals surface area contributed by atoms with Crippen molar-refractivity contribution in [1.82, 2.24) is 4.98 Å². The van der Waals surface area contributed by atoms with Crippen LogP contribution in [0.25, 0.3) is 0 Å². The molecule has 76 valence electrons. The monoisotopic (exact) mass is 264 g/mol. The van der Waals surface area contributed by atoms with Crippen molar-refractivity contribution >= 4 is 21.7 Å². The lowest BCUT2D eigenvalue weighted by Gasteiger charge is -2.05. The Balaban J connectivity index is 2.22. The molecule has 0 spiro atoms. The molecule has 15 heavy (non-hydrogen) atoms. The van der Waals surface area contributed by atoms with Gasteiger partial charge in [-0.05, 0) is 24.3 Å². The molecule has 0 atom stereocenters. The van der Waals surface area contributed by atoms with Crippen molar-refractivity contribution in [3.63, 3.8) is 0 Å². The van der Waals surface area contributed by atoms with Crippen molar-refractivity contribution in [3.8, 4) is 11.5 Å². The molecular formula is C11H9BrN2O. The first kappa shape index (κ1) is 9.98. The summed E-state index contributed by atoms with van der Waals surface area (Å²) in [4.78, 5) is 3.89. The van der Waals surface area contributed by atoms with Gasteiger partial charge in [0.2, 0.25) is 0 Å². The van der Waals surface area contributed by atoms with Crippen LogP contribution in [0, 0.1) is 0 Å². The van der Waals surface area contributed by atoms with Crippen LogP contribution < -0.4 is 10.5 Å². The molecule has 1 aromatic carbocycles. The Kier molecular flexibility index (Phi) is 2.87. The molecule has 0 aliphatic heterocycles. The van der Waals surface area contributed by atoms with Gasteiger partial charge in [0.25, 0.3) is 0 Å². The van der Waals surface area contributed by atoms with E-state index in [0.29, 0.717) is 11.6 Å². The van der Waals surface area contributed by atoms with E-state index in [4.69, 9.17) is 10.5 Å². The second-order valence-electron chi connectivity index (χ2n) is 2.98. The van der Waals surface area contributed by atoms with Crippen LogP contribution in [0.5, 0.6) is 11.5 Å². The van der Waals surface area contributed by atoms with Gasteiger partial charge in [0.1, 0.15) is 17.3 Å². The van der Waals surface area contributed by atoms with Crippen molar-refractivity contribution in [3.05, 3.63) is 47.1 Å². The first-order valence-corrected chi connectivity index (χ1v) is 5.18. The van der Waals surface area contributed by atoms with E-state index in [9.17, 15) is 0 Å². The highest BCUT2D eigenvalue weighted by atomic mass is 79.9. The molecule has 0 radical (unpaired) electrons. The van der Waals surface area contributed by atoms with E-state index in [0.717, 1.165) is 10.2 Å². The van der Waals surface area contributed by atoms with E-state index >= 15 is 0 Å². The van der Waals surface area contributed by atoms with Gasteiger partial charge in [0.15, 0.2) is 0 Å². The minimum atomic E-state index is 0.447. The van der Waals surface area contributed by atoms with Crippen LogP contribution in [0.15, 0.2) is 47.1 Å². The third-order valence-corrected chi connectivity index (χ3v) is 2.28. The highest BCUT2D eigenvalue weighted by Crippen LogP contribution is 2.24. The van der Waals surface area contributed by atoms with Gasteiger partial charge < -0.3 is 10.5 Å². The van der Waals surface area contributed by atoms with E-state index < -0.39 is 0 Å². The zero-order chi connectivity index (χ0) is 10.7. The van der Waals surface area contributed by atoms with Crippen LogP contribution in [-0.4, -0.2) is 4.98 Å². The summed E-state index contributed by atoms with van der Waals surface area (Å²) in [6, 6.07) is 11.0. The number of nitrogen functional groups attached to an aromatic ring is 1. The fraction of sp³-hybridized carbons (Fsp3) is 0. The third-order valence-electron chi connectivity index (χ3n) is 1.78. The number of ether oxygens (including phenoxy) is 1. The molecule has 0 unspecified atom stereocenters. The fourth-order valence-corrected chi connectivity index (χ4v) is 1.54. The van der Waals surface area contributed by atoms with Crippen LogP contribution in [0.4, 0.5) is 5.82 Å². The maximum Gasteiger partial charge on any atom is 0.132 e. The fourth-order valence-electron chi connectivity index (χ4n) is 1.16. The summed E-state index contributed by atoms with van der Waals surface area (Å²) < 4.78 is 6.56. The average molecular weight is 265 g/mol. The lowest BCUT2D eigenvalue weighted by atomic mass is 10.3. The Morgan fingerprint density at radius 1 is 1.13 bits per heavy atom. The molecule has 0 saturated heterocycles. The number of nitrogens with two attached hydrogens (primary N) is 1. The van der Waals surface area contributed by atoms with Gasteiger partial charge in [-0.25, -0.2) is 4.98 Å². The molecule has 0 aliphatic carbocycles. The zero-order valence-corrected chi connectivity index (χ0v) is 9.44. The van der Waals surface area contributed by atoms with Crippen molar-refractivity contribution in [1.29, 1.82) is 0 Å². The molecule has 0 saturated carbocycles. The second kappa shape index (κ2) is 4.31. The average Bonchev–Trinajstić information content (AvgIpc) is 2.17. The molecule has 1 heterocycles. The quantitative estimate of drug-likeness (QED) is 0.906. The SMILES string of the molecule is Nc1cc(Oc2cccc(Br)c2)ccn1. The van der Waals surface area contributed by atoms with Crippen molar-refractivity contribution < 1.29 is 4.74 Å². The minimum absolute atomic E-state index is 0.447. The summed E-state index contributed by atoms with van der Waals surface area (Å²) in [5.74, 6) is 1.89. The highest BCUT2D eigenvalue weighted by Gasteiger charge is 1.98. The second-order valence-corrected chi connectivity index (χ2v) is 3.89. The molecular weight excluding hydrogens is 256 g/mol. The number of aromatic nitrogens is 1. The van der Waals surface area contributed by atoms with Crippen molar-refractivity contribution in [2.45, 2.75) is 0 Å². The van der Waals surface area contributed by atoms with Gasteiger partial charge in [0, 0.05) is 16.7 Å². The predicted octanol–water partition coefficient (Wildman–Crippen LogP) is 3.22. The molecule has 2 rings (SSSR count). The zero-order valence-electron chi connectivity index (χ0n) is 7.85. The third kappa shape index (κ3) is 2.70. The Bertz CT molecular complexity index is 430. The molecule has 0 aliphatic rings. The summed E-state index contributed by atoms with van der Waals surface area (Å²) >= 11 is 3.37. The molecule has 0 bridgehead atoms. The van der Waals surface area contributed by atoms with Crippen LogP contribution in [0.3, 0.4) is 0 Å². The van der Waals surface area contributed by atoms with Crippen molar-refractivity contribution in [2.75, 3.05) is 5.73 Å². The maximum absolute atomic E-state index is 5.59. The number of hydrogen-bond acceptors (Lipinski definition) is 3. The summed E-state index contributed by atoms with van der Waals surface area (Å²) in [6.07, 6.45) is 1.61. The van der Waals surface area contributed by atoms with E-state index in [1.165, 1.54) is 0 Å². The van der Waals surface area contributed by atoms with E-state index in [1.54, 1.807) is 18.3 Å². The lowest BCUT2D eigenvalue weighted by Crippen LogP contribution is -1.90. The molecule has 0 amide bonds. The number of anilines is 1. The standard InChI is InChI=1S/C11H9BrN2O/c12-8-2-1-3-9(6-8)15-10-4-5-14-11(13)7-10/h1-7H,(H2,13,14). The van der Waals surface area contributed by atoms with Gasteiger partial charge >= 0.3 is 0 Å². The minimum Gasteiger partial charge on any atom is -0.457 e. The van der Waals surface area contributed by atoms with Gasteiger partial charge in [-0.15, -0.1) is 0 Å². The van der Waals surface area contributed by atoms with E-state index in [1.807, 2.05) is 24.3 Å². The maximum atomic E-state index is 5.59. The van der Waals surface area contributed by atoms with Gasteiger partial charge in [-0.3, -0.25) is 0 Å². The number of hydrogen-bond donors (Lipinski definition) is 1. The summed E-state index contributed by atoms with van der Waals surface area (Å²) in [5, 5.41) is 0. The van der Waals surface area contributed by atoms with E-state index in [-0.39, 0.29) is 0 Å². The Morgan fingerprint density at radius 2 is 1.93 bits per heavy atom. The highest BCUT2D eigenvalue weighted by molar-refractivity contribution is 9.10. The Labute approximate surface area is 96.0 Å². The number of pyridine rings is 1. The number of nitrogens with zero attached hydrogens (tertiary/aromatic N) is 1. The number of halogens is 1. The molecule has 0 fully saturated rings. The van der Waals surface area contributed by atoms with Crippen LogP contribution in [-0.2, 0) is 0 Å². The molecule has 2 N–H and O–H groups in total. The Morgan fingerprint density at radius 3 is 2.67 bits per heavy atom. The Hall–Kier alpha value is -1.55. The van der Waals surface area contributed by atoms with Gasteiger partial charge in [-0.1, -0.05) is 22.0 Å². The smallest absolute Gasteiger partial charge is 0.132 e. The summed E-state index contributed by atoms with van der Waals surface area (Å²) in [7, 11) is 0. The molecule has 2 aromatic rings. The molecule has 4 heteroatoms. The molecule has 3 nitrogen and oxygen atoms in total. The summed E-state index contributed by atoms with van der Waals surface area (Å²) in [5.41, 5.74) is 5.54. The number of rotatable bonds is 2. The van der Waals surface area contributed by atoms with Crippen LogP contribution in [0.1, 0.15) is 0 Å². The van der Waals surface area contributed by atoms with Gasteiger partial charge in [0.05, 0.1) is 0 Å². The van der Waals surface area contributed by atoms with Crippen LogP contribution >= 0.6 is 15.9 Å².